The number of ether oxygens (including phenoxy) is 1. The van der Waals surface area contributed by atoms with Crippen molar-refractivity contribution in [3.63, 3.8) is 0 Å². The molecule has 0 bridgehead atoms. The van der Waals surface area contributed by atoms with Gasteiger partial charge in [-0.25, -0.2) is 8.78 Å². The van der Waals surface area contributed by atoms with Crippen LogP contribution in [0.5, 0.6) is 5.75 Å². The van der Waals surface area contributed by atoms with E-state index in [-0.39, 0.29) is 6.42 Å². The number of aliphatic carboxylic acids is 1. The minimum absolute atomic E-state index is 0.215. The molecule has 0 fully saturated rings. The maximum Gasteiger partial charge on any atom is 0.307 e. The predicted molar refractivity (Wildman–Crippen MR) is 93.9 cm³/mol. The van der Waals surface area contributed by atoms with Crippen molar-refractivity contribution < 1.29 is 23.4 Å². The molecule has 0 saturated carbocycles. The second kappa shape index (κ2) is 7.78. The number of carboxylic acid groups (broad SMARTS) is 1. The number of hydrogen-bond donors (Lipinski definition) is 1. The van der Waals surface area contributed by atoms with Gasteiger partial charge in [-0.15, -0.1) is 0 Å². The summed E-state index contributed by atoms with van der Waals surface area (Å²) in [5, 5.41) is 9.05. The van der Waals surface area contributed by atoms with Gasteiger partial charge in [-0.3, -0.25) is 4.79 Å². The van der Waals surface area contributed by atoms with Crippen molar-refractivity contribution in [1.29, 1.82) is 0 Å². The Kier molecular flexibility index (Phi) is 5.27. The van der Waals surface area contributed by atoms with Gasteiger partial charge >= 0.3 is 5.97 Å². The van der Waals surface area contributed by atoms with Crippen LogP contribution in [0, 0.1) is 11.6 Å². The van der Waals surface area contributed by atoms with Gasteiger partial charge in [-0.1, -0.05) is 36.4 Å². The average molecular weight is 354 g/mol. The molecule has 3 nitrogen and oxygen atoms in total. The molecule has 0 heterocycles. The van der Waals surface area contributed by atoms with E-state index in [1.54, 1.807) is 18.2 Å². The molecule has 0 spiro atoms. The lowest BCUT2D eigenvalue weighted by Gasteiger charge is -2.11. The van der Waals surface area contributed by atoms with Crippen LogP contribution in [0.25, 0.3) is 11.1 Å². The smallest absolute Gasteiger partial charge is 0.307 e. The summed E-state index contributed by atoms with van der Waals surface area (Å²) in [4.78, 5) is 11.1. The fourth-order valence-electron chi connectivity index (χ4n) is 2.65. The number of carbonyl (C=O) groups is 1. The first-order chi connectivity index (χ1) is 12.5. The third-order valence-corrected chi connectivity index (χ3v) is 3.77. The van der Waals surface area contributed by atoms with Crippen LogP contribution in [-0.2, 0) is 17.8 Å². The van der Waals surface area contributed by atoms with Crippen LogP contribution >= 0.6 is 0 Å². The summed E-state index contributed by atoms with van der Waals surface area (Å²) >= 11 is 0. The number of halogens is 2. The van der Waals surface area contributed by atoms with Gasteiger partial charge in [-0.05, 0) is 46.5 Å². The first-order valence-corrected chi connectivity index (χ1v) is 7.98. The van der Waals surface area contributed by atoms with Gasteiger partial charge in [0.15, 0.2) is 0 Å². The Balaban J connectivity index is 1.94. The molecular formula is C21H16F2O3. The van der Waals surface area contributed by atoms with Crippen LogP contribution in [0.15, 0.2) is 66.7 Å². The van der Waals surface area contributed by atoms with E-state index in [9.17, 15) is 13.6 Å². The Labute approximate surface area is 149 Å². The van der Waals surface area contributed by atoms with E-state index >= 15 is 0 Å². The minimum Gasteiger partial charge on any atom is -0.489 e. The van der Waals surface area contributed by atoms with Gasteiger partial charge in [0.2, 0.25) is 0 Å². The first-order valence-electron chi connectivity index (χ1n) is 7.98. The lowest BCUT2D eigenvalue weighted by Crippen LogP contribution is -2.02. The van der Waals surface area contributed by atoms with Crippen molar-refractivity contribution >= 4 is 5.97 Å². The highest BCUT2D eigenvalue weighted by Crippen LogP contribution is 2.28. The van der Waals surface area contributed by atoms with Gasteiger partial charge in [-0.2, -0.15) is 0 Å². The van der Waals surface area contributed by atoms with Crippen molar-refractivity contribution in [2.45, 2.75) is 13.0 Å². The molecule has 1 N–H and O–H groups in total. The summed E-state index contributed by atoms with van der Waals surface area (Å²) in [5.74, 6) is -1.96. The number of hydrogen-bond acceptors (Lipinski definition) is 2. The second-order valence-electron chi connectivity index (χ2n) is 5.87. The molecular weight excluding hydrogens is 338 g/mol. The van der Waals surface area contributed by atoms with E-state index < -0.39 is 17.6 Å². The molecule has 0 atom stereocenters. The molecule has 0 aliphatic carbocycles. The van der Waals surface area contributed by atoms with Gasteiger partial charge < -0.3 is 9.84 Å². The molecule has 3 aromatic rings. The lowest BCUT2D eigenvalue weighted by molar-refractivity contribution is -0.136. The normalized spacial score (nSPS) is 10.5. The highest BCUT2D eigenvalue weighted by atomic mass is 19.1. The SMILES string of the molecule is O=C(O)Cc1cc(OCc2ccccc2)cc(-c2cc(F)cc(F)c2)c1. The summed E-state index contributed by atoms with van der Waals surface area (Å²) in [6, 6.07) is 17.5. The van der Waals surface area contributed by atoms with E-state index in [0.717, 1.165) is 11.6 Å². The van der Waals surface area contributed by atoms with Crippen molar-refractivity contribution in [1.82, 2.24) is 0 Å². The summed E-state index contributed by atoms with van der Waals surface area (Å²) < 4.78 is 32.8. The molecule has 0 unspecified atom stereocenters. The predicted octanol–water partition coefficient (Wildman–Crippen LogP) is 4.84. The van der Waals surface area contributed by atoms with Crippen LogP contribution in [0.1, 0.15) is 11.1 Å². The average Bonchev–Trinajstić information content (AvgIpc) is 2.59. The molecule has 132 valence electrons. The van der Waals surface area contributed by atoms with Gasteiger partial charge in [0.1, 0.15) is 24.0 Å². The van der Waals surface area contributed by atoms with E-state index in [1.807, 2.05) is 30.3 Å². The Bertz CT molecular complexity index is 904. The van der Waals surface area contributed by atoms with E-state index in [0.29, 0.717) is 29.0 Å². The van der Waals surface area contributed by atoms with E-state index in [2.05, 4.69) is 0 Å². The zero-order chi connectivity index (χ0) is 18.5. The number of benzene rings is 3. The molecule has 0 radical (unpaired) electrons. The van der Waals surface area contributed by atoms with Gasteiger partial charge in [0, 0.05) is 6.07 Å². The molecule has 0 aromatic heterocycles. The first kappa shape index (κ1) is 17.6. The van der Waals surface area contributed by atoms with Crippen molar-refractivity contribution in [2.75, 3.05) is 0 Å². The molecule has 3 rings (SSSR count). The molecule has 3 aromatic carbocycles. The maximum atomic E-state index is 13.5. The Morgan fingerprint density at radius 2 is 1.50 bits per heavy atom. The Hall–Kier alpha value is -3.21. The molecule has 0 aliphatic rings. The van der Waals surface area contributed by atoms with Crippen LogP contribution in [0.2, 0.25) is 0 Å². The Morgan fingerprint density at radius 1 is 0.846 bits per heavy atom. The zero-order valence-electron chi connectivity index (χ0n) is 13.8. The lowest BCUT2D eigenvalue weighted by atomic mass is 10.0. The van der Waals surface area contributed by atoms with Crippen LogP contribution < -0.4 is 4.74 Å². The zero-order valence-corrected chi connectivity index (χ0v) is 13.8. The monoisotopic (exact) mass is 354 g/mol. The highest BCUT2D eigenvalue weighted by molar-refractivity contribution is 5.73. The summed E-state index contributed by atoms with van der Waals surface area (Å²) in [6.07, 6.45) is -0.215. The standard InChI is InChI=1S/C21H16F2O3/c22-18-9-17(10-19(23)12-18)16-6-15(8-21(24)25)7-20(11-16)26-13-14-4-2-1-3-5-14/h1-7,9-12H,8,13H2,(H,24,25). The van der Waals surface area contributed by atoms with Crippen LogP contribution in [-0.4, -0.2) is 11.1 Å². The summed E-state index contributed by atoms with van der Waals surface area (Å²) in [6.45, 7) is 0.300. The fourth-order valence-corrected chi connectivity index (χ4v) is 2.65. The molecule has 0 amide bonds. The highest BCUT2D eigenvalue weighted by Gasteiger charge is 2.10. The largest absolute Gasteiger partial charge is 0.489 e. The molecule has 0 aliphatic heterocycles. The number of carboxylic acids is 1. The second-order valence-corrected chi connectivity index (χ2v) is 5.87. The van der Waals surface area contributed by atoms with Gasteiger partial charge in [0.25, 0.3) is 0 Å². The van der Waals surface area contributed by atoms with E-state index in [4.69, 9.17) is 9.84 Å². The molecule has 0 saturated heterocycles. The maximum absolute atomic E-state index is 13.5. The van der Waals surface area contributed by atoms with Crippen LogP contribution in [0.3, 0.4) is 0 Å². The third-order valence-electron chi connectivity index (χ3n) is 3.77. The van der Waals surface area contributed by atoms with E-state index in [1.165, 1.54) is 12.1 Å². The van der Waals surface area contributed by atoms with Gasteiger partial charge in [0.05, 0.1) is 6.42 Å². The Morgan fingerprint density at radius 3 is 2.15 bits per heavy atom. The molecule has 26 heavy (non-hydrogen) atoms. The molecule has 5 heteroatoms. The quantitative estimate of drug-likeness (QED) is 0.689. The number of rotatable bonds is 6. The van der Waals surface area contributed by atoms with Crippen LogP contribution in [0.4, 0.5) is 8.78 Å². The minimum atomic E-state index is -0.999. The topological polar surface area (TPSA) is 46.5 Å². The third kappa shape index (κ3) is 4.66. The fraction of sp³-hybridized carbons (Fsp3) is 0.0952. The van der Waals surface area contributed by atoms with Crippen molar-refractivity contribution in [2.24, 2.45) is 0 Å². The summed E-state index contributed by atoms with van der Waals surface area (Å²) in [7, 11) is 0. The van der Waals surface area contributed by atoms with Crippen molar-refractivity contribution in [3.05, 3.63) is 89.5 Å². The summed E-state index contributed by atoms with van der Waals surface area (Å²) in [5.41, 5.74) is 2.25. The van der Waals surface area contributed by atoms with Crippen molar-refractivity contribution in [3.8, 4) is 16.9 Å².